The van der Waals surface area contributed by atoms with Crippen molar-refractivity contribution in [2.75, 3.05) is 5.32 Å². The zero-order chi connectivity index (χ0) is 23.8. The molecule has 0 radical (unpaired) electrons. The first-order chi connectivity index (χ1) is 16.4. The van der Waals surface area contributed by atoms with E-state index in [9.17, 15) is 9.59 Å². The molecule has 0 aliphatic heterocycles. The standard InChI is InChI=1S/C27H26N2O3S2/c1-15(2)32-27(31)24-18-11-10-16(3)13-23(18)34-26(24)29-25(30)19-14-21(22-9-6-12-33-22)28-20-8-5-4-7-17(19)20/h4-9,12,14-16H,10-11,13H2,1-3H3,(H,29,30). The molecular weight excluding hydrogens is 464 g/mol. The highest BCUT2D eigenvalue weighted by atomic mass is 32.1. The van der Waals surface area contributed by atoms with Crippen molar-refractivity contribution in [1.82, 2.24) is 4.98 Å². The third-order valence-electron chi connectivity index (χ3n) is 6.02. The zero-order valence-electron chi connectivity index (χ0n) is 19.4. The molecule has 0 spiro atoms. The van der Waals surface area contributed by atoms with Crippen LogP contribution in [0.1, 0.15) is 58.3 Å². The summed E-state index contributed by atoms with van der Waals surface area (Å²) in [6.45, 7) is 5.90. The van der Waals surface area contributed by atoms with E-state index < -0.39 is 0 Å². The fraction of sp³-hybridized carbons (Fsp3) is 0.296. The number of nitrogens with one attached hydrogen (secondary N) is 1. The summed E-state index contributed by atoms with van der Waals surface area (Å²) >= 11 is 3.09. The van der Waals surface area contributed by atoms with E-state index >= 15 is 0 Å². The van der Waals surface area contributed by atoms with E-state index in [1.54, 1.807) is 11.3 Å². The molecule has 5 nitrogen and oxygen atoms in total. The molecule has 1 atom stereocenters. The summed E-state index contributed by atoms with van der Waals surface area (Å²) in [5.41, 5.74) is 3.61. The number of hydrogen-bond acceptors (Lipinski definition) is 6. The summed E-state index contributed by atoms with van der Waals surface area (Å²) in [5, 5.41) is 6.42. The van der Waals surface area contributed by atoms with Crippen LogP contribution in [0.15, 0.2) is 47.8 Å². The predicted octanol–water partition coefficient (Wildman–Crippen LogP) is 6.97. The van der Waals surface area contributed by atoms with Crippen LogP contribution < -0.4 is 5.32 Å². The van der Waals surface area contributed by atoms with Gasteiger partial charge in [-0.15, -0.1) is 22.7 Å². The van der Waals surface area contributed by atoms with Gasteiger partial charge in [0.2, 0.25) is 0 Å². The molecule has 0 bridgehead atoms. The lowest BCUT2D eigenvalue weighted by Crippen LogP contribution is -2.19. The molecule has 3 heterocycles. The monoisotopic (exact) mass is 490 g/mol. The maximum absolute atomic E-state index is 13.6. The Morgan fingerprint density at radius 1 is 1.18 bits per heavy atom. The van der Waals surface area contributed by atoms with Gasteiger partial charge in [-0.1, -0.05) is 31.2 Å². The second kappa shape index (κ2) is 9.31. The highest BCUT2D eigenvalue weighted by Crippen LogP contribution is 2.40. The first-order valence-electron chi connectivity index (χ1n) is 11.5. The van der Waals surface area contributed by atoms with E-state index in [4.69, 9.17) is 9.72 Å². The third-order valence-corrected chi connectivity index (χ3v) is 8.08. The van der Waals surface area contributed by atoms with Crippen molar-refractivity contribution in [3.63, 3.8) is 0 Å². The number of fused-ring (bicyclic) bond motifs is 2. The van der Waals surface area contributed by atoms with Crippen LogP contribution in [-0.4, -0.2) is 23.0 Å². The number of ether oxygens (including phenoxy) is 1. The summed E-state index contributed by atoms with van der Waals surface area (Å²) in [7, 11) is 0. The van der Waals surface area contributed by atoms with E-state index in [-0.39, 0.29) is 18.0 Å². The van der Waals surface area contributed by atoms with Crippen LogP contribution in [0.25, 0.3) is 21.5 Å². The average molecular weight is 491 g/mol. The molecule has 1 aromatic carbocycles. The molecule has 34 heavy (non-hydrogen) atoms. The number of nitrogens with zero attached hydrogens (tertiary/aromatic N) is 1. The molecular formula is C27H26N2O3S2. The SMILES string of the molecule is CC1CCc2c(sc(NC(=O)c3cc(-c4cccs4)nc4ccccc34)c2C(=O)OC(C)C)C1. The van der Waals surface area contributed by atoms with E-state index in [1.165, 1.54) is 16.2 Å². The maximum Gasteiger partial charge on any atom is 0.341 e. The van der Waals surface area contributed by atoms with Gasteiger partial charge >= 0.3 is 5.97 Å². The van der Waals surface area contributed by atoms with Crippen LogP contribution in [0.3, 0.4) is 0 Å². The molecule has 1 unspecified atom stereocenters. The Morgan fingerprint density at radius 2 is 2.00 bits per heavy atom. The molecule has 0 saturated heterocycles. The number of hydrogen-bond donors (Lipinski definition) is 1. The lowest BCUT2D eigenvalue weighted by molar-refractivity contribution is 0.0378. The topological polar surface area (TPSA) is 68.3 Å². The smallest absolute Gasteiger partial charge is 0.341 e. The number of thiophene rings is 2. The van der Waals surface area contributed by atoms with Gasteiger partial charge in [0.25, 0.3) is 5.91 Å². The van der Waals surface area contributed by atoms with Crippen molar-refractivity contribution >= 4 is 50.5 Å². The first kappa shape index (κ1) is 22.7. The average Bonchev–Trinajstić information content (AvgIpc) is 3.45. The van der Waals surface area contributed by atoms with Crippen molar-refractivity contribution in [3.8, 4) is 10.6 Å². The van der Waals surface area contributed by atoms with Crippen LogP contribution in [0, 0.1) is 5.92 Å². The number of amides is 1. The Kier molecular flexibility index (Phi) is 6.23. The number of para-hydroxylation sites is 1. The van der Waals surface area contributed by atoms with Gasteiger partial charge in [0, 0.05) is 10.3 Å². The van der Waals surface area contributed by atoms with Crippen molar-refractivity contribution < 1.29 is 14.3 Å². The second-order valence-electron chi connectivity index (χ2n) is 9.01. The molecule has 5 rings (SSSR count). The van der Waals surface area contributed by atoms with E-state index in [2.05, 4.69) is 12.2 Å². The predicted molar refractivity (Wildman–Crippen MR) is 139 cm³/mol. The Balaban J connectivity index is 1.57. The quantitative estimate of drug-likeness (QED) is 0.307. The van der Waals surface area contributed by atoms with Gasteiger partial charge in [0.05, 0.1) is 33.3 Å². The highest BCUT2D eigenvalue weighted by molar-refractivity contribution is 7.17. The minimum Gasteiger partial charge on any atom is -0.459 e. The van der Waals surface area contributed by atoms with Crippen molar-refractivity contribution in [2.24, 2.45) is 5.92 Å². The number of aromatic nitrogens is 1. The van der Waals surface area contributed by atoms with E-state index in [0.717, 1.165) is 46.3 Å². The van der Waals surface area contributed by atoms with Crippen molar-refractivity contribution in [2.45, 2.75) is 46.1 Å². The molecule has 3 aromatic heterocycles. The van der Waals surface area contributed by atoms with Gasteiger partial charge in [-0.25, -0.2) is 9.78 Å². The van der Waals surface area contributed by atoms with Crippen LogP contribution in [-0.2, 0) is 17.6 Å². The van der Waals surface area contributed by atoms with Gasteiger partial charge in [-0.2, -0.15) is 0 Å². The molecule has 1 amide bonds. The summed E-state index contributed by atoms with van der Waals surface area (Å²) in [5.74, 6) is -0.0565. The van der Waals surface area contributed by atoms with Crippen LogP contribution in [0.4, 0.5) is 5.00 Å². The van der Waals surface area contributed by atoms with Gasteiger partial charge < -0.3 is 10.1 Å². The van der Waals surface area contributed by atoms with Gasteiger partial charge in [-0.05, 0) is 68.2 Å². The second-order valence-corrected chi connectivity index (χ2v) is 11.1. The third kappa shape index (κ3) is 4.38. The lowest BCUT2D eigenvalue weighted by Gasteiger charge is -2.19. The van der Waals surface area contributed by atoms with Gasteiger partial charge in [0.15, 0.2) is 0 Å². The summed E-state index contributed by atoms with van der Waals surface area (Å²) in [6.07, 6.45) is 2.54. The molecule has 1 aliphatic carbocycles. The Labute approximate surface area is 206 Å². The van der Waals surface area contributed by atoms with Gasteiger partial charge in [0.1, 0.15) is 5.00 Å². The Bertz CT molecular complexity index is 1370. The van der Waals surface area contributed by atoms with Gasteiger partial charge in [-0.3, -0.25) is 4.79 Å². The summed E-state index contributed by atoms with van der Waals surface area (Å²) in [4.78, 5) is 33.6. The molecule has 7 heteroatoms. The normalized spacial score (nSPS) is 15.4. The van der Waals surface area contributed by atoms with Crippen LogP contribution in [0.5, 0.6) is 0 Å². The van der Waals surface area contributed by atoms with Crippen LogP contribution in [0.2, 0.25) is 0 Å². The van der Waals surface area contributed by atoms with Crippen LogP contribution >= 0.6 is 22.7 Å². The fourth-order valence-corrected chi connectivity index (χ4v) is 6.49. The summed E-state index contributed by atoms with van der Waals surface area (Å²) in [6, 6.07) is 13.5. The molecule has 174 valence electrons. The first-order valence-corrected chi connectivity index (χ1v) is 13.2. The largest absolute Gasteiger partial charge is 0.459 e. The Morgan fingerprint density at radius 3 is 2.76 bits per heavy atom. The van der Waals surface area contributed by atoms with Crippen molar-refractivity contribution in [3.05, 3.63) is 69.4 Å². The number of anilines is 1. The minimum absolute atomic E-state index is 0.230. The number of carbonyl (C=O) groups excluding carboxylic acids is 2. The lowest BCUT2D eigenvalue weighted by atomic mass is 9.88. The molecule has 0 fully saturated rings. The minimum atomic E-state index is -0.365. The molecule has 0 saturated carbocycles. The number of esters is 1. The molecule has 1 aliphatic rings. The number of rotatable bonds is 5. The van der Waals surface area contributed by atoms with E-state index in [0.29, 0.717) is 22.0 Å². The number of benzene rings is 1. The zero-order valence-corrected chi connectivity index (χ0v) is 21.0. The Hall–Kier alpha value is -3.03. The number of pyridine rings is 1. The molecule has 4 aromatic rings. The summed E-state index contributed by atoms with van der Waals surface area (Å²) < 4.78 is 5.56. The van der Waals surface area contributed by atoms with E-state index in [1.807, 2.05) is 61.7 Å². The molecule has 1 N–H and O–H groups in total. The highest BCUT2D eigenvalue weighted by Gasteiger charge is 2.30. The number of carbonyl (C=O) groups is 2. The van der Waals surface area contributed by atoms with Crippen molar-refractivity contribution in [1.29, 1.82) is 0 Å². The maximum atomic E-state index is 13.6. The fourth-order valence-electron chi connectivity index (χ4n) is 4.41.